The SMILES string of the molecule is CCOc1ccccc1N1CCN(C(=O)C(F)(F)C(F)(F)C(F)(F)C(F)(F)C(F)(F)C(F)(F)C(F)(F)C(F)(F)Cl)CC1. The molecule has 1 saturated heterocycles. The Morgan fingerprint density at radius 3 is 1.52 bits per heavy atom. The second kappa shape index (κ2) is 10.9. The van der Waals surface area contributed by atoms with E-state index < -0.39 is 78.9 Å². The number of carbonyl (C=O) groups is 1. The number of nitrogens with zero attached hydrogens (tertiary/aromatic N) is 2. The molecule has 1 aliphatic rings. The molecule has 1 aromatic carbocycles. The van der Waals surface area contributed by atoms with Crippen LogP contribution in [-0.2, 0) is 4.79 Å². The number of hydrogen-bond acceptors (Lipinski definition) is 3. The smallest absolute Gasteiger partial charge is 0.393 e. The number of alkyl halides is 17. The summed E-state index contributed by atoms with van der Waals surface area (Å²) in [7, 11) is 0. The van der Waals surface area contributed by atoms with Gasteiger partial charge in [0, 0.05) is 26.2 Å². The summed E-state index contributed by atoms with van der Waals surface area (Å²) in [5, 5.41) is -6.86. The van der Waals surface area contributed by atoms with Gasteiger partial charge in [0.2, 0.25) is 0 Å². The van der Waals surface area contributed by atoms with E-state index in [0.717, 1.165) is 0 Å². The van der Waals surface area contributed by atoms with E-state index in [2.05, 4.69) is 11.6 Å². The summed E-state index contributed by atoms with van der Waals surface area (Å²) >= 11 is 3.49. The number of piperazine rings is 1. The van der Waals surface area contributed by atoms with Gasteiger partial charge in [-0.1, -0.05) is 12.1 Å². The van der Waals surface area contributed by atoms with Gasteiger partial charge in [0.05, 0.1) is 12.3 Å². The number of rotatable bonds is 11. The molecule has 0 aliphatic carbocycles. The van der Waals surface area contributed by atoms with Gasteiger partial charge in [-0.05, 0) is 30.7 Å². The van der Waals surface area contributed by atoms with Crippen LogP contribution < -0.4 is 9.64 Å². The quantitative estimate of drug-likeness (QED) is 0.188. The lowest BCUT2D eigenvalue weighted by molar-refractivity contribution is -0.446. The first kappa shape index (κ1) is 35.7. The molecular formula is C21H17ClF16N2O2. The maximum absolute atomic E-state index is 14.4. The molecule has 1 aromatic rings. The van der Waals surface area contributed by atoms with E-state index in [9.17, 15) is 75.0 Å². The van der Waals surface area contributed by atoms with Gasteiger partial charge in [-0.15, -0.1) is 0 Å². The van der Waals surface area contributed by atoms with Crippen molar-refractivity contribution in [2.75, 3.05) is 37.7 Å². The van der Waals surface area contributed by atoms with Crippen molar-refractivity contribution in [2.45, 2.75) is 53.8 Å². The van der Waals surface area contributed by atoms with Gasteiger partial charge < -0.3 is 14.5 Å². The monoisotopic (exact) mass is 668 g/mol. The average Bonchev–Trinajstić information content (AvgIpc) is 2.87. The Morgan fingerprint density at radius 1 is 0.690 bits per heavy atom. The lowest BCUT2D eigenvalue weighted by Crippen LogP contribution is -2.75. The minimum absolute atomic E-state index is 0.145. The topological polar surface area (TPSA) is 32.8 Å². The Kier molecular flexibility index (Phi) is 9.23. The maximum atomic E-state index is 14.4. The van der Waals surface area contributed by atoms with Gasteiger partial charge in [0.15, 0.2) is 0 Å². The number of hydrogen-bond donors (Lipinski definition) is 0. The molecule has 4 nitrogen and oxygen atoms in total. The minimum Gasteiger partial charge on any atom is -0.492 e. The zero-order valence-corrected chi connectivity index (χ0v) is 21.2. The highest BCUT2D eigenvalue weighted by Gasteiger charge is 2.95. The largest absolute Gasteiger partial charge is 0.492 e. The van der Waals surface area contributed by atoms with E-state index >= 15 is 0 Å². The third-order valence-corrected chi connectivity index (χ3v) is 6.30. The second-order valence-corrected chi connectivity index (χ2v) is 9.17. The Labute approximate surface area is 230 Å². The van der Waals surface area contributed by atoms with Crippen LogP contribution >= 0.6 is 11.6 Å². The van der Waals surface area contributed by atoms with Crippen LogP contribution in [0.1, 0.15) is 6.92 Å². The van der Waals surface area contributed by atoms with Gasteiger partial charge in [-0.25, -0.2) is 0 Å². The molecule has 0 bridgehead atoms. The van der Waals surface area contributed by atoms with E-state index in [1.165, 1.54) is 29.2 Å². The summed E-state index contributed by atoms with van der Waals surface area (Å²) in [5.74, 6) is -60.0. The summed E-state index contributed by atoms with van der Waals surface area (Å²) in [6.45, 7) is -1.22. The first-order valence-electron chi connectivity index (χ1n) is 11.2. The van der Waals surface area contributed by atoms with Crippen LogP contribution in [0.4, 0.5) is 75.9 Å². The van der Waals surface area contributed by atoms with E-state index in [0.29, 0.717) is 0 Å². The number of halogens is 17. The molecule has 0 saturated carbocycles. The predicted molar refractivity (Wildman–Crippen MR) is 112 cm³/mol. The average molecular weight is 669 g/mol. The molecule has 21 heteroatoms. The summed E-state index contributed by atoms with van der Waals surface area (Å²) < 4.78 is 224. The van der Waals surface area contributed by atoms with E-state index in [1.54, 1.807) is 6.92 Å². The molecule has 0 N–H and O–H groups in total. The van der Waals surface area contributed by atoms with Crippen LogP contribution in [0, 0.1) is 0 Å². The van der Waals surface area contributed by atoms with Crippen molar-refractivity contribution in [2.24, 2.45) is 0 Å². The molecule has 0 spiro atoms. The molecule has 1 aliphatic heterocycles. The molecule has 42 heavy (non-hydrogen) atoms. The molecule has 1 heterocycles. The van der Waals surface area contributed by atoms with Gasteiger partial charge in [-0.3, -0.25) is 4.79 Å². The highest BCUT2D eigenvalue weighted by Crippen LogP contribution is 2.64. The summed E-state index contributed by atoms with van der Waals surface area (Å²) in [5.41, 5.74) is 0.289. The van der Waals surface area contributed by atoms with Crippen molar-refractivity contribution in [1.29, 1.82) is 0 Å². The van der Waals surface area contributed by atoms with Crippen LogP contribution in [0.2, 0.25) is 0 Å². The lowest BCUT2D eigenvalue weighted by Gasteiger charge is -2.43. The molecule has 0 atom stereocenters. The number of ether oxygens (including phenoxy) is 1. The van der Waals surface area contributed by atoms with Crippen molar-refractivity contribution < 1.29 is 79.8 Å². The normalized spacial score (nSPS) is 17.0. The third-order valence-electron chi connectivity index (χ3n) is 6.06. The summed E-state index contributed by atoms with van der Waals surface area (Å²) in [4.78, 5) is 13.2. The van der Waals surface area contributed by atoms with Crippen LogP contribution in [-0.4, -0.2) is 90.4 Å². The number of para-hydroxylation sites is 2. The van der Waals surface area contributed by atoms with Crippen molar-refractivity contribution in [3.05, 3.63) is 24.3 Å². The zero-order chi connectivity index (χ0) is 33.0. The Hall–Kier alpha value is -2.54. The molecular weight excluding hydrogens is 652 g/mol. The molecule has 0 radical (unpaired) electrons. The number of benzene rings is 1. The van der Waals surface area contributed by atoms with Gasteiger partial charge >= 0.3 is 46.8 Å². The molecule has 2 rings (SSSR count). The Balaban J connectivity index is 2.39. The van der Waals surface area contributed by atoms with Gasteiger partial charge in [-0.2, -0.15) is 70.2 Å². The van der Waals surface area contributed by atoms with Crippen molar-refractivity contribution in [3.63, 3.8) is 0 Å². The van der Waals surface area contributed by atoms with E-state index in [4.69, 9.17) is 4.74 Å². The van der Waals surface area contributed by atoms with Crippen molar-refractivity contribution >= 4 is 23.2 Å². The fourth-order valence-corrected chi connectivity index (χ4v) is 3.76. The van der Waals surface area contributed by atoms with E-state index in [1.807, 2.05) is 0 Å². The number of amides is 1. The first-order valence-corrected chi connectivity index (χ1v) is 11.5. The summed E-state index contributed by atoms with van der Waals surface area (Å²) in [6.07, 6.45) is 0. The molecule has 1 fully saturated rings. The van der Waals surface area contributed by atoms with Crippen LogP contribution in [0.5, 0.6) is 5.75 Å². The number of anilines is 1. The number of carbonyl (C=O) groups excluding carboxylic acids is 1. The highest BCUT2D eigenvalue weighted by atomic mass is 35.5. The predicted octanol–water partition coefficient (Wildman–Crippen LogP) is 7.01. The van der Waals surface area contributed by atoms with Crippen molar-refractivity contribution in [3.8, 4) is 5.75 Å². The first-order chi connectivity index (χ1) is 18.7. The molecule has 1 amide bonds. The van der Waals surface area contributed by atoms with Crippen LogP contribution in [0.15, 0.2) is 24.3 Å². The van der Waals surface area contributed by atoms with Gasteiger partial charge in [0.25, 0.3) is 5.91 Å². The molecule has 0 aromatic heterocycles. The minimum atomic E-state index is -8.62. The maximum Gasteiger partial charge on any atom is 0.393 e. The fraction of sp³-hybridized carbons (Fsp3) is 0.667. The molecule has 242 valence electrons. The zero-order valence-electron chi connectivity index (χ0n) is 20.5. The fourth-order valence-electron chi connectivity index (χ4n) is 3.64. The lowest BCUT2D eigenvalue weighted by atomic mass is 9.88. The van der Waals surface area contributed by atoms with Crippen LogP contribution in [0.25, 0.3) is 0 Å². The van der Waals surface area contributed by atoms with E-state index in [-0.39, 0.29) is 22.9 Å². The third kappa shape index (κ3) is 5.14. The van der Waals surface area contributed by atoms with Crippen molar-refractivity contribution in [1.82, 2.24) is 4.90 Å². The van der Waals surface area contributed by atoms with Gasteiger partial charge in [0.1, 0.15) is 5.75 Å². The molecule has 0 unspecified atom stereocenters. The standard InChI is InChI=1S/C21H17ClF16N2O2/c1-2-42-12-6-4-3-5-11(12)39-7-9-40(10-8-39)13(41)14(23,24)15(25,26)16(27,28)17(29,30)18(31,32)19(33,34)20(35,36)21(22,37)38/h3-6H,2,7-10H2,1H3. The highest BCUT2D eigenvalue weighted by molar-refractivity contribution is 6.22. The summed E-state index contributed by atoms with van der Waals surface area (Å²) in [6, 6.07) is 5.90. The van der Waals surface area contributed by atoms with Crippen LogP contribution in [0.3, 0.4) is 0 Å². The second-order valence-electron chi connectivity index (χ2n) is 8.70. The Bertz CT molecular complexity index is 1130. The Morgan fingerprint density at radius 2 is 1.10 bits per heavy atom.